The lowest BCUT2D eigenvalue weighted by Gasteiger charge is -2.15. The van der Waals surface area contributed by atoms with Crippen LogP contribution in [0.1, 0.15) is 30.0 Å². The number of nitrogens with two attached hydrogens (primary N) is 1. The molecule has 0 spiro atoms. The number of hydrogen-bond acceptors (Lipinski definition) is 7. The third-order valence-electron chi connectivity index (χ3n) is 6.37. The highest BCUT2D eigenvalue weighted by atomic mass is 32.2. The molecule has 3 atom stereocenters. The molecule has 164 valence electrons. The summed E-state index contributed by atoms with van der Waals surface area (Å²) < 4.78 is 28.9. The summed E-state index contributed by atoms with van der Waals surface area (Å²) in [6, 6.07) is 10.7. The van der Waals surface area contributed by atoms with Crippen LogP contribution in [0.15, 0.2) is 42.9 Å². The van der Waals surface area contributed by atoms with E-state index in [2.05, 4.69) is 39.6 Å². The number of aromatic nitrogens is 3. The van der Waals surface area contributed by atoms with Crippen LogP contribution in [0.4, 0.5) is 5.82 Å². The van der Waals surface area contributed by atoms with Gasteiger partial charge in [-0.15, -0.1) is 0 Å². The molecule has 5 rings (SSSR count). The Labute approximate surface area is 180 Å². The zero-order valence-corrected chi connectivity index (χ0v) is 17.7. The second kappa shape index (κ2) is 7.86. The molecule has 2 aromatic heterocycles. The van der Waals surface area contributed by atoms with Crippen molar-refractivity contribution in [2.75, 3.05) is 11.9 Å². The van der Waals surface area contributed by atoms with Crippen molar-refractivity contribution in [1.82, 2.24) is 14.5 Å². The van der Waals surface area contributed by atoms with Crippen molar-refractivity contribution in [3.8, 4) is 0 Å². The van der Waals surface area contributed by atoms with E-state index in [0.29, 0.717) is 12.8 Å². The monoisotopic (exact) mass is 443 g/mol. The van der Waals surface area contributed by atoms with Gasteiger partial charge in [0.1, 0.15) is 17.8 Å². The molecule has 0 aliphatic heterocycles. The van der Waals surface area contributed by atoms with Crippen LogP contribution in [0.2, 0.25) is 0 Å². The Balaban J connectivity index is 1.33. The summed E-state index contributed by atoms with van der Waals surface area (Å²) in [6.07, 6.45) is 5.83. The first kappa shape index (κ1) is 20.4. The molecule has 0 amide bonds. The highest BCUT2D eigenvalue weighted by molar-refractivity contribution is 7.84. The fourth-order valence-corrected chi connectivity index (χ4v) is 5.26. The van der Waals surface area contributed by atoms with Crippen molar-refractivity contribution in [1.29, 1.82) is 0 Å². The van der Waals surface area contributed by atoms with Crippen molar-refractivity contribution in [2.24, 2.45) is 11.1 Å². The summed E-state index contributed by atoms with van der Waals surface area (Å²) >= 11 is 0. The van der Waals surface area contributed by atoms with Crippen LogP contribution in [-0.4, -0.2) is 46.8 Å². The van der Waals surface area contributed by atoms with E-state index in [1.165, 1.54) is 11.1 Å². The van der Waals surface area contributed by atoms with Gasteiger partial charge in [0.25, 0.3) is 0 Å². The minimum Gasteiger partial charge on any atom is -0.393 e. The van der Waals surface area contributed by atoms with Gasteiger partial charge in [0, 0.05) is 24.2 Å². The minimum atomic E-state index is -4.02. The molecule has 31 heavy (non-hydrogen) atoms. The number of aliphatic hydroxyl groups excluding tert-OH is 1. The Morgan fingerprint density at radius 3 is 2.61 bits per heavy atom. The molecule has 4 N–H and O–H groups in total. The zero-order valence-electron chi connectivity index (χ0n) is 16.9. The van der Waals surface area contributed by atoms with Crippen LogP contribution in [0.3, 0.4) is 0 Å². The molecule has 1 saturated carbocycles. The maximum atomic E-state index is 11.1. The fourth-order valence-electron chi connectivity index (χ4n) is 4.90. The van der Waals surface area contributed by atoms with Crippen molar-refractivity contribution in [2.45, 2.75) is 43.9 Å². The van der Waals surface area contributed by atoms with E-state index in [9.17, 15) is 13.5 Å². The first-order valence-corrected chi connectivity index (χ1v) is 11.8. The van der Waals surface area contributed by atoms with E-state index in [-0.39, 0.29) is 24.6 Å². The topological polar surface area (TPSA) is 132 Å². The molecule has 2 aliphatic rings. The van der Waals surface area contributed by atoms with E-state index in [4.69, 9.17) is 9.32 Å². The Morgan fingerprint density at radius 1 is 1.16 bits per heavy atom. The van der Waals surface area contributed by atoms with E-state index < -0.39 is 16.4 Å². The van der Waals surface area contributed by atoms with Gasteiger partial charge >= 0.3 is 10.3 Å². The number of aliphatic hydroxyl groups is 1. The van der Waals surface area contributed by atoms with Crippen LogP contribution in [0.25, 0.3) is 11.0 Å². The summed E-state index contributed by atoms with van der Waals surface area (Å²) in [5.41, 5.74) is 3.53. The van der Waals surface area contributed by atoms with E-state index in [1.54, 1.807) is 6.33 Å². The Bertz CT molecular complexity index is 1190. The largest absolute Gasteiger partial charge is 0.393 e. The van der Waals surface area contributed by atoms with Crippen LogP contribution in [0, 0.1) is 5.92 Å². The predicted octanol–water partition coefficient (Wildman–Crippen LogP) is 1.54. The molecule has 2 aliphatic carbocycles. The van der Waals surface area contributed by atoms with E-state index >= 15 is 0 Å². The minimum absolute atomic E-state index is 0.0138. The Morgan fingerprint density at radius 2 is 1.90 bits per heavy atom. The lowest BCUT2D eigenvalue weighted by molar-refractivity contribution is 0.100. The SMILES string of the molecule is NS(=O)(=O)OC[C@@H]1C[C@@H](n2ccc3c(NC4Cc5ccccc5C4)ncnc32)C[C@@H]1O. The molecular weight excluding hydrogens is 418 g/mol. The molecule has 1 aromatic carbocycles. The van der Waals surface area contributed by atoms with Gasteiger partial charge in [-0.25, -0.2) is 15.1 Å². The summed E-state index contributed by atoms with van der Waals surface area (Å²) in [5, 5.41) is 19.8. The molecule has 0 unspecified atom stereocenters. The fraction of sp³-hybridized carbons (Fsp3) is 0.429. The highest BCUT2D eigenvalue weighted by Gasteiger charge is 2.35. The average Bonchev–Trinajstić information content (AvgIpc) is 3.42. The summed E-state index contributed by atoms with van der Waals surface area (Å²) in [4.78, 5) is 8.95. The zero-order chi connectivity index (χ0) is 21.6. The molecule has 0 bridgehead atoms. The van der Waals surface area contributed by atoms with Crippen molar-refractivity contribution in [3.05, 3.63) is 54.0 Å². The third kappa shape index (κ3) is 4.16. The molecule has 2 heterocycles. The van der Waals surface area contributed by atoms with Crippen molar-refractivity contribution in [3.63, 3.8) is 0 Å². The second-order valence-electron chi connectivity index (χ2n) is 8.43. The standard InChI is InChI=1S/C21H25N5O4S/c22-31(28,29)30-11-15-9-17(10-19(15)27)26-6-5-18-20(23-12-24-21(18)26)25-16-7-13-3-1-2-4-14(13)8-16/h1-6,12,15-17,19,27H,7-11H2,(H2,22,28,29)(H,23,24,25)/t15-,17+,19-/m0/s1. The smallest absolute Gasteiger partial charge is 0.333 e. The molecular formula is C21H25N5O4S. The van der Waals surface area contributed by atoms with Gasteiger partial charge in [0.05, 0.1) is 18.1 Å². The second-order valence-corrected chi connectivity index (χ2v) is 9.65. The number of fused-ring (bicyclic) bond motifs is 2. The van der Waals surface area contributed by atoms with Gasteiger partial charge in [-0.3, -0.25) is 4.18 Å². The Kier molecular flexibility index (Phi) is 5.17. The number of hydrogen-bond donors (Lipinski definition) is 3. The maximum Gasteiger partial charge on any atom is 0.333 e. The average molecular weight is 444 g/mol. The van der Waals surface area contributed by atoms with Gasteiger partial charge in [-0.1, -0.05) is 24.3 Å². The Hall–Kier alpha value is -2.53. The van der Waals surface area contributed by atoms with Gasteiger partial charge in [0.2, 0.25) is 0 Å². The lowest BCUT2D eigenvalue weighted by Crippen LogP contribution is -2.24. The number of anilines is 1. The maximum absolute atomic E-state index is 11.1. The lowest BCUT2D eigenvalue weighted by atomic mass is 10.1. The van der Waals surface area contributed by atoms with Crippen LogP contribution in [0.5, 0.6) is 0 Å². The quantitative estimate of drug-likeness (QED) is 0.526. The number of nitrogens with zero attached hydrogens (tertiary/aromatic N) is 3. The molecule has 3 aromatic rings. The molecule has 0 saturated heterocycles. The predicted molar refractivity (Wildman–Crippen MR) is 116 cm³/mol. The van der Waals surface area contributed by atoms with Gasteiger partial charge in [-0.2, -0.15) is 8.42 Å². The van der Waals surface area contributed by atoms with E-state index in [0.717, 1.165) is 29.7 Å². The summed E-state index contributed by atoms with van der Waals surface area (Å²) in [7, 11) is -4.02. The van der Waals surface area contributed by atoms with Crippen molar-refractivity contribution < 1.29 is 17.7 Å². The molecule has 0 radical (unpaired) electrons. The summed E-state index contributed by atoms with van der Waals surface area (Å²) in [6.45, 7) is -0.125. The first-order chi connectivity index (χ1) is 14.9. The van der Waals surface area contributed by atoms with Gasteiger partial charge in [-0.05, 0) is 42.9 Å². The number of nitrogens with one attached hydrogen (secondary N) is 1. The van der Waals surface area contributed by atoms with Crippen molar-refractivity contribution >= 4 is 27.2 Å². The third-order valence-corrected chi connectivity index (χ3v) is 6.84. The van der Waals surface area contributed by atoms with Gasteiger partial charge < -0.3 is 15.0 Å². The normalized spacial score (nSPS) is 24.0. The highest BCUT2D eigenvalue weighted by Crippen LogP contribution is 2.38. The number of rotatable bonds is 6. The number of benzene rings is 1. The van der Waals surface area contributed by atoms with Crippen LogP contribution >= 0.6 is 0 Å². The molecule has 10 heteroatoms. The van der Waals surface area contributed by atoms with Crippen LogP contribution < -0.4 is 10.5 Å². The molecule has 1 fully saturated rings. The van der Waals surface area contributed by atoms with E-state index in [1.807, 2.05) is 16.8 Å². The summed E-state index contributed by atoms with van der Waals surface area (Å²) in [5.74, 6) is 0.492. The van der Waals surface area contributed by atoms with Crippen LogP contribution in [-0.2, 0) is 27.3 Å². The van der Waals surface area contributed by atoms with Gasteiger partial charge in [0.15, 0.2) is 0 Å². The first-order valence-electron chi connectivity index (χ1n) is 10.4. The molecule has 9 nitrogen and oxygen atoms in total.